The smallest absolute Gasteiger partial charge is 0.295 e. The summed E-state index contributed by atoms with van der Waals surface area (Å²) in [6, 6.07) is 7.52. The number of hydrogen-bond donors (Lipinski definition) is 2. The molecule has 33 heavy (non-hydrogen) atoms. The van der Waals surface area contributed by atoms with Crippen LogP contribution in [0.15, 0.2) is 67.0 Å². The second-order valence-corrected chi connectivity index (χ2v) is 7.54. The number of aliphatic hydroxyl groups excluding tert-OH is 1. The van der Waals surface area contributed by atoms with Crippen LogP contribution >= 0.6 is 0 Å². The van der Waals surface area contributed by atoms with Crippen molar-refractivity contribution in [1.29, 1.82) is 0 Å². The van der Waals surface area contributed by atoms with E-state index in [1.54, 1.807) is 30.3 Å². The summed E-state index contributed by atoms with van der Waals surface area (Å²) in [5, 5.41) is 11.1. The number of methoxy groups -OCH3 is 2. The number of imidazole rings is 1. The number of likely N-dealkylation sites (tertiary alicyclic amines) is 1. The number of carbonyl (C=O) groups is 2. The number of pyridine rings is 1. The zero-order chi connectivity index (χ0) is 23.4. The third-order valence-corrected chi connectivity index (χ3v) is 5.64. The van der Waals surface area contributed by atoms with Crippen molar-refractivity contribution in [2.45, 2.75) is 19.0 Å². The number of carbonyl (C=O) groups excluding carboxylic acids is 2. The Hall–Kier alpha value is -4.14. The van der Waals surface area contributed by atoms with Crippen LogP contribution < -0.4 is 14.0 Å². The molecule has 0 radical (unpaired) electrons. The average Bonchev–Trinajstić information content (AvgIpc) is 3.46. The predicted octanol–water partition coefficient (Wildman–Crippen LogP) is 2.23. The normalized spacial score (nSPS) is 17.4. The topological polar surface area (TPSA) is 109 Å². The number of ether oxygens (including phenoxy) is 2. The number of nitrogens with zero attached hydrogens (tertiary/aromatic N) is 3. The summed E-state index contributed by atoms with van der Waals surface area (Å²) in [5.74, 6) is -0.641. The molecular weight excluding hydrogens is 424 g/mol. The lowest BCUT2D eigenvalue weighted by molar-refractivity contribution is -0.695. The number of benzene rings is 1. The summed E-state index contributed by atoms with van der Waals surface area (Å²) < 4.78 is 12.9. The van der Waals surface area contributed by atoms with Gasteiger partial charge in [0.1, 0.15) is 29.7 Å². The molecule has 1 aromatic carbocycles. The maximum Gasteiger partial charge on any atom is 0.295 e. The molecule has 9 nitrogen and oxygen atoms in total. The van der Waals surface area contributed by atoms with Crippen LogP contribution in [0, 0.1) is 0 Å². The van der Waals surface area contributed by atoms with Gasteiger partial charge in [-0.2, -0.15) is 0 Å². The lowest BCUT2D eigenvalue weighted by Gasteiger charge is -2.26. The molecule has 4 rings (SSSR count). The molecule has 3 aromatic rings. The number of aryl methyl sites for hydroxylation is 1. The van der Waals surface area contributed by atoms with Crippen LogP contribution in [0.1, 0.15) is 23.6 Å². The van der Waals surface area contributed by atoms with Crippen molar-refractivity contribution >= 4 is 17.4 Å². The van der Waals surface area contributed by atoms with Crippen LogP contribution in [-0.4, -0.2) is 52.4 Å². The highest BCUT2D eigenvalue weighted by Crippen LogP contribution is 2.43. The van der Waals surface area contributed by atoms with Crippen molar-refractivity contribution in [1.82, 2.24) is 14.9 Å². The van der Waals surface area contributed by atoms with E-state index >= 15 is 0 Å². The molecule has 0 aliphatic carbocycles. The molecule has 1 atom stereocenters. The van der Waals surface area contributed by atoms with Crippen LogP contribution in [0.25, 0.3) is 5.76 Å². The van der Waals surface area contributed by atoms with Gasteiger partial charge in [-0.3, -0.25) is 19.6 Å². The quantitative estimate of drug-likeness (QED) is 0.236. The Labute approximate surface area is 190 Å². The minimum atomic E-state index is -0.834. The number of Topliss-reactive ketones (excluding diaryl/α,β-unsaturated/α-hetero) is 1. The van der Waals surface area contributed by atoms with Crippen LogP contribution in [-0.2, 0) is 16.1 Å². The number of H-pyrrole nitrogens is 1. The fraction of sp³-hybridized carbons (Fsp3) is 0.250. The summed E-state index contributed by atoms with van der Waals surface area (Å²) in [4.78, 5) is 34.7. The Morgan fingerprint density at radius 2 is 1.97 bits per heavy atom. The van der Waals surface area contributed by atoms with Gasteiger partial charge in [0.25, 0.3) is 11.7 Å². The number of aromatic amines is 1. The molecule has 3 heterocycles. The Morgan fingerprint density at radius 3 is 2.64 bits per heavy atom. The zero-order valence-corrected chi connectivity index (χ0v) is 18.4. The zero-order valence-electron chi connectivity index (χ0n) is 18.4. The van der Waals surface area contributed by atoms with Gasteiger partial charge in [0.15, 0.2) is 0 Å². The van der Waals surface area contributed by atoms with Gasteiger partial charge in [0.2, 0.25) is 6.33 Å². The largest absolute Gasteiger partial charge is 0.507 e. The fourth-order valence-corrected chi connectivity index (χ4v) is 4.04. The van der Waals surface area contributed by atoms with Crippen molar-refractivity contribution < 1.29 is 28.7 Å². The minimum Gasteiger partial charge on any atom is -0.507 e. The van der Waals surface area contributed by atoms with Crippen molar-refractivity contribution in [3.05, 3.63) is 78.1 Å². The molecule has 1 amide bonds. The van der Waals surface area contributed by atoms with E-state index < -0.39 is 17.7 Å². The summed E-state index contributed by atoms with van der Waals surface area (Å²) in [6.45, 7) is 0.958. The monoisotopic (exact) mass is 449 g/mol. The first-order chi connectivity index (χ1) is 16.0. The van der Waals surface area contributed by atoms with E-state index in [1.807, 2.05) is 23.3 Å². The molecule has 0 bridgehead atoms. The van der Waals surface area contributed by atoms with E-state index in [-0.39, 0.29) is 11.3 Å². The highest BCUT2D eigenvalue weighted by atomic mass is 16.5. The highest BCUT2D eigenvalue weighted by Gasteiger charge is 2.47. The molecule has 170 valence electrons. The van der Waals surface area contributed by atoms with Crippen molar-refractivity contribution in [3.63, 3.8) is 0 Å². The molecule has 2 N–H and O–H groups in total. The molecule has 0 saturated carbocycles. The predicted molar refractivity (Wildman–Crippen MR) is 118 cm³/mol. The Bertz CT molecular complexity index is 1170. The standard InChI is InChI=1S/C24H24N4O5/c1-32-17-4-5-19(33-2)18(14-17)21-20(22(29)16-6-8-25-9-7-16)23(30)24(31)28(21)12-3-11-27-13-10-26-15-27/h4-10,13-15,21H,3,11-12H2,1-2H3,(H,29,30)/p+1. The molecule has 1 aliphatic rings. The first-order valence-corrected chi connectivity index (χ1v) is 10.5. The SMILES string of the molecule is COc1ccc(OC)c(C2C(=C(O)c3ccncc3)C(=O)C(=O)N2CCC[n+]2cc[nH]c2)c1. The van der Waals surface area contributed by atoms with Crippen LogP contribution in [0.2, 0.25) is 0 Å². The molecule has 1 unspecified atom stereocenters. The fourth-order valence-electron chi connectivity index (χ4n) is 4.04. The van der Waals surface area contributed by atoms with Crippen LogP contribution in [0.4, 0.5) is 0 Å². The second-order valence-electron chi connectivity index (χ2n) is 7.54. The maximum atomic E-state index is 13.2. The molecule has 2 aromatic heterocycles. The van der Waals surface area contributed by atoms with E-state index in [9.17, 15) is 14.7 Å². The molecule has 1 fully saturated rings. The van der Waals surface area contributed by atoms with E-state index in [0.717, 1.165) is 0 Å². The first-order valence-electron chi connectivity index (χ1n) is 10.5. The lowest BCUT2D eigenvalue weighted by atomic mass is 9.94. The van der Waals surface area contributed by atoms with Crippen molar-refractivity contribution in [3.8, 4) is 11.5 Å². The summed E-state index contributed by atoms with van der Waals surface area (Å²) in [7, 11) is 3.05. The Morgan fingerprint density at radius 1 is 1.18 bits per heavy atom. The van der Waals surface area contributed by atoms with Gasteiger partial charge in [-0.05, 0) is 30.3 Å². The summed E-state index contributed by atoms with van der Waals surface area (Å²) in [6.07, 6.45) is 9.15. The third-order valence-electron chi connectivity index (χ3n) is 5.64. The van der Waals surface area contributed by atoms with E-state index in [1.165, 1.54) is 31.5 Å². The Kier molecular flexibility index (Phi) is 6.39. The van der Waals surface area contributed by atoms with E-state index in [4.69, 9.17) is 9.47 Å². The van der Waals surface area contributed by atoms with Gasteiger partial charge in [0, 0.05) is 36.5 Å². The van der Waals surface area contributed by atoms with Crippen LogP contribution in [0.3, 0.4) is 0 Å². The number of hydrogen-bond acceptors (Lipinski definition) is 6. The van der Waals surface area contributed by atoms with Gasteiger partial charge in [-0.1, -0.05) is 0 Å². The van der Waals surface area contributed by atoms with Gasteiger partial charge < -0.3 is 19.5 Å². The molecule has 1 aliphatic heterocycles. The molecule has 1 saturated heterocycles. The Balaban J connectivity index is 1.80. The van der Waals surface area contributed by atoms with Gasteiger partial charge in [-0.15, -0.1) is 0 Å². The maximum absolute atomic E-state index is 13.2. The average molecular weight is 449 g/mol. The van der Waals surface area contributed by atoms with Gasteiger partial charge in [-0.25, -0.2) is 4.57 Å². The molecular formula is C24H25N4O5+. The number of amides is 1. The lowest BCUT2D eigenvalue weighted by Crippen LogP contribution is -2.36. The summed E-state index contributed by atoms with van der Waals surface area (Å²) >= 11 is 0. The molecule has 9 heteroatoms. The van der Waals surface area contributed by atoms with Crippen molar-refractivity contribution in [2.24, 2.45) is 0 Å². The van der Waals surface area contributed by atoms with E-state index in [2.05, 4.69) is 9.97 Å². The third kappa shape index (κ3) is 4.30. The second kappa shape index (κ2) is 9.56. The summed E-state index contributed by atoms with van der Waals surface area (Å²) in [5.41, 5.74) is 0.964. The first kappa shape index (κ1) is 22.1. The van der Waals surface area contributed by atoms with Crippen LogP contribution in [0.5, 0.6) is 11.5 Å². The highest BCUT2D eigenvalue weighted by molar-refractivity contribution is 6.46. The number of nitrogens with one attached hydrogen (secondary N) is 1. The number of ketones is 1. The van der Waals surface area contributed by atoms with E-state index in [0.29, 0.717) is 42.1 Å². The van der Waals surface area contributed by atoms with Gasteiger partial charge >= 0.3 is 0 Å². The van der Waals surface area contributed by atoms with Gasteiger partial charge in [0.05, 0.1) is 32.4 Å². The molecule has 0 spiro atoms. The number of aliphatic hydroxyl groups is 1. The minimum absolute atomic E-state index is 0.00653. The van der Waals surface area contributed by atoms with Crippen molar-refractivity contribution in [2.75, 3.05) is 20.8 Å². The number of aromatic nitrogens is 3. The number of rotatable bonds is 8.